The number of esters is 1. The number of unbranched alkanes of at least 4 members (excludes halogenated alkanes) is 2. The van der Waals surface area contributed by atoms with Crippen LogP contribution in [0.4, 0.5) is 0 Å². The minimum absolute atomic E-state index is 0.0627. The van der Waals surface area contributed by atoms with Gasteiger partial charge in [-0.3, -0.25) is 0 Å². The molecule has 0 fully saturated rings. The summed E-state index contributed by atoms with van der Waals surface area (Å²) in [5.74, 6) is 0.0429. The number of phenols is 1. The van der Waals surface area contributed by atoms with Crippen LogP contribution in [0.1, 0.15) is 48.5 Å². The van der Waals surface area contributed by atoms with Gasteiger partial charge in [-0.05, 0) is 73.6 Å². The van der Waals surface area contributed by atoms with Crippen LogP contribution in [-0.2, 0) is 11.2 Å². The van der Waals surface area contributed by atoms with E-state index in [4.69, 9.17) is 4.74 Å². The molecule has 3 aromatic rings. The molecule has 150 valence electrons. The van der Waals surface area contributed by atoms with Gasteiger partial charge in [-0.2, -0.15) is 0 Å². The third kappa shape index (κ3) is 6.49. The number of ether oxygens (including phenoxy) is 1. The second kappa shape index (κ2) is 10.5. The van der Waals surface area contributed by atoms with Gasteiger partial charge in [0.2, 0.25) is 0 Å². The van der Waals surface area contributed by atoms with Crippen molar-refractivity contribution in [3.8, 4) is 16.9 Å². The van der Waals surface area contributed by atoms with Gasteiger partial charge in [-0.25, -0.2) is 4.79 Å². The Morgan fingerprint density at radius 2 is 1.45 bits per heavy atom. The summed E-state index contributed by atoms with van der Waals surface area (Å²) in [6, 6.07) is 25.0. The summed E-state index contributed by atoms with van der Waals surface area (Å²) < 4.78 is 5.51. The van der Waals surface area contributed by atoms with Crippen LogP contribution in [0.5, 0.6) is 5.75 Å². The van der Waals surface area contributed by atoms with E-state index >= 15 is 0 Å². The zero-order chi connectivity index (χ0) is 20.5. The van der Waals surface area contributed by atoms with Crippen LogP contribution in [0.15, 0.2) is 78.9 Å². The molecule has 0 saturated heterocycles. The zero-order valence-corrected chi connectivity index (χ0v) is 16.9. The molecular formula is C26H28O3. The molecule has 0 radical (unpaired) electrons. The molecule has 1 unspecified atom stereocenters. The van der Waals surface area contributed by atoms with E-state index in [9.17, 15) is 9.90 Å². The average molecular weight is 389 g/mol. The molecule has 0 amide bonds. The first-order valence-corrected chi connectivity index (χ1v) is 10.3. The minimum Gasteiger partial charge on any atom is -0.508 e. The standard InChI is InChI=1S/C26H28O3/c1-20(29-26(28)24-10-6-3-7-11-24)8-4-2-5-9-21-12-14-22(15-13-21)23-16-18-25(27)19-17-23/h3,6-7,10-20,27H,2,4-5,8-9H2,1H3. The quantitative estimate of drug-likeness (QED) is 0.340. The topological polar surface area (TPSA) is 46.5 Å². The summed E-state index contributed by atoms with van der Waals surface area (Å²) in [5, 5.41) is 9.39. The molecule has 0 aliphatic heterocycles. The van der Waals surface area contributed by atoms with E-state index in [1.807, 2.05) is 37.3 Å². The Morgan fingerprint density at radius 1 is 0.828 bits per heavy atom. The van der Waals surface area contributed by atoms with E-state index in [0.29, 0.717) is 5.56 Å². The van der Waals surface area contributed by atoms with Gasteiger partial charge in [0.1, 0.15) is 5.75 Å². The molecule has 1 atom stereocenters. The molecule has 3 aromatic carbocycles. The summed E-state index contributed by atoms with van der Waals surface area (Å²) in [7, 11) is 0. The second-order valence-corrected chi connectivity index (χ2v) is 7.43. The Kier molecular flexibility index (Phi) is 7.46. The van der Waals surface area contributed by atoms with Crippen molar-refractivity contribution in [2.75, 3.05) is 0 Å². The van der Waals surface area contributed by atoms with Crippen molar-refractivity contribution in [1.82, 2.24) is 0 Å². The number of aryl methyl sites for hydroxylation is 1. The smallest absolute Gasteiger partial charge is 0.338 e. The highest BCUT2D eigenvalue weighted by atomic mass is 16.5. The highest BCUT2D eigenvalue weighted by molar-refractivity contribution is 5.89. The lowest BCUT2D eigenvalue weighted by atomic mass is 10.0. The maximum Gasteiger partial charge on any atom is 0.338 e. The first-order chi connectivity index (χ1) is 14.1. The van der Waals surface area contributed by atoms with Gasteiger partial charge in [0.05, 0.1) is 11.7 Å². The largest absolute Gasteiger partial charge is 0.508 e. The number of rotatable bonds is 9. The van der Waals surface area contributed by atoms with E-state index in [-0.39, 0.29) is 17.8 Å². The first-order valence-electron chi connectivity index (χ1n) is 10.3. The van der Waals surface area contributed by atoms with E-state index in [1.165, 1.54) is 5.56 Å². The number of carbonyl (C=O) groups is 1. The zero-order valence-electron chi connectivity index (χ0n) is 16.9. The SMILES string of the molecule is CC(CCCCCc1ccc(-c2ccc(O)cc2)cc1)OC(=O)c1ccccc1. The molecule has 29 heavy (non-hydrogen) atoms. The Hall–Kier alpha value is -3.07. The maximum atomic E-state index is 12.0. The molecule has 0 spiro atoms. The van der Waals surface area contributed by atoms with Crippen molar-refractivity contribution in [2.45, 2.75) is 45.1 Å². The van der Waals surface area contributed by atoms with Gasteiger partial charge in [0, 0.05) is 0 Å². The van der Waals surface area contributed by atoms with E-state index in [1.54, 1.807) is 24.3 Å². The molecular weight excluding hydrogens is 360 g/mol. The van der Waals surface area contributed by atoms with Crippen molar-refractivity contribution in [1.29, 1.82) is 0 Å². The van der Waals surface area contributed by atoms with Gasteiger partial charge in [0.15, 0.2) is 0 Å². The number of phenolic OH excluding ortho intramolecular Hbond substituents is 1. The van der Waals surface area contributed by atoms with Crippen LogP contribution in [0.25, 0.3) is 11.1 Å². The Balaban J connectivity index is 1.35. The molecule has 0 heterocycles. The summed E-state index contributed by atoms with van der Waals surface area (Å²) in [6.07, 6.45) is 5.17. The molecule has 1 N–H and O–H groups in total. The molecule has 0 aliphatic carbocycles. The molecule has 3 nitrogen and oxygen atoms in total. The van der Waals surface area contributed by atoms with Gasteiger partial charge in [0.25, 0.3) is 0 Å². The molecule has 0 aromatic heterocycles. The monoisotopic (exact) mass is 388 g/mol. The van der Waals surface area contributed by atoms with Gasteiger partial charge in [-0.1, -0.05) is 61.0 Å². The fourth-order valence-corrected chi connectivity index (χ4v) is 3.34. The molecule has 3 heteroatoms. The number of benzene rings is 3. The van der Waals surface area contributed by atoms with E-state index in [2.05, 4.69) is 24.3 Å². The lowest BCUT2D eigenvalue weighted by Crippen LogP contribution is -2.14. The van der Waals surface area contributed by atoms with E-state index in [0.717, 1.165) is 43.2 Å². The fourth-order valence-electron chi connectivity index (χ4n) is 3.34. The van der Waals surface area contributed by atoms with Crippen LogP contribution < -0.4 is 0 Å². The van der Waals surface area contributed by atoms with Crippen LogP contribution in [0, 0.1) is 0 Å². The normalized spacial score (nSPS) is 11.8. The highest BCUT2D eigenvalue weighted by Crippen LogP contribution is 2.22. The number of aromatic hydroxyl groups is 1. The lowest BCUT2D eigenvalue weighted by Gasteiger charge is -2.13. The number of hydrogen-bond acceptors (Lipinski definition) is 3. The summed E-state index contributed by atoms with van der Waals surface area (Å²) in [6.45, 7) is 1.96. The predicted molar refractivity (Wildman–Crippen MR) is 117 cm³/mol. The fraction of sp³-hybridized carbons (Fsp3) is 0.269. The Labute approximate surface area is 173 Å². The van der Waals surface area contributed by atoms with Gasteiger partial charge >= 0.3 is 5.97 Å². The first kappa shape index (κ1) is 20.7. The van der Waals surface area contributed by atoms with Crippen LogP contribution in [0.3, 0.4) is 0 Å². The average Bonchev–Trinajstić information content (AvgIpc) is 2.75. The molecule has 0 aliphatic rings. The summed E-state index contributed by atoms with van der Waals surface area (Å²) >= 11 is 0. The van der Waals surface area contributed by atoms with Crippen LogP contribution in [-0.4, -0.2) is 17.2 Å². The van der Waals surface area contributed by atoms with Crippen LogP contribution in [0.2, 0.25) is 0 Å². The number of carbonyl (C=O) groups excluding carboxylic acids is 1. The minimum atomic E-state index is -0.244. The summed E-state index contributed by atoms with van der Waals surface area (Å²) in [4.78, 5) is 12.0. The highest BCUT2D eigenvalue weighted by Gasteiger charge is 2.11. The van der Waals surface area contributed by atoms with Gasteiger partial charge < -0.3 is 9.84 Å². The maximum absolute atomic E-state index is 12.0. The van der Waals surface area contributed by atoms with Crippen molar-refractivity contribution in [3.63, 3.8) is 0 Å². The van der Waals surface area contributed by atoms with E-state index < -0.39 is 0 Å². The third-order valence-electron chi connectivity index (χ3n) is 5.05. The summed E-state index contributed by atoms with van der Waals surface area (Å²) in [5.41, 5.74) is 4.20. The Morgan fingerprint density at radius 3 is 2.10 bits per heavy atom. The molecule has 3 rings (SSSR count). The van der Waals surface area contributed by atoms with Crippen molar-refractivity contribution >= 4 is 5.97 Å². The van der Waals surface area contributed by atoms with Crippen LogP contribution >= 0.6 is 0 Å². The number of hydrogen-bond donors (Lipinski definition) is 1. The van der Waals surface area contributed by atoms with Gasteiger partial charge in [-0.15, -0.1) is 0 Å². The molecule has 0 bridgehead atoms. The van der Waals surface area contributed by atoms with Crippen molar-refractivity contribution in [3.05, 3.63) is 90.0 Å². The third-order valence-corrected chi connectivity index (χ3v) is 5.05. The van der Waals surface area contributed by atoms with Crippen molar-refractivity contribution in [2.24, 2.45) is 0 Å². The predicted octanol–water partition coefficient (Wildman–Crippen LogP) is 6.41. The molecule has 0 saturated carbocycles. The Bertz CT molecular complexity index is 884. The van der Waals surface area contributed by atoms with Crippen molar-refractivity contribution < 1.29 is 14.6 Å². The lowest BCUT2D eigenvalue weighted by molar-refractivity contribution is 0.0319. The second-order valence-electron chi connectivity index (χ2n) is 7.43.